The number of benzene rings is 1. The molecule has 1 atom stereocenters. The molecule has 0 amide bonds. The molecule has 1 aromatic carbocycles. The fourth-order valence-corrected chi connectivity index (χ4v) is 2.08. The molecule has 14 heavy (non-hydrogen) atoms. The van der Waals surface area contributed by atoms with E-state index in [0.717, 1.165) is 5.75 Å². The fraction of sp³-hybridized carbons (Fsp3) is 0.500. The lowest BCUT2D eigenvalue weighted by atomic mass is 9.96. The average molecular weight is 209 g/mol. The van der Waals surface area contributed by atoms with Crippen LogP contribution in [0.25, 0.3) is 0 Å². The van der Waals surface area contributed by atoms with Gasteiger partial charge in [-0.15, -0.1) is 0 Å². The van der Waals surface area contributed by atoms with Gasteiger partial charge in [0.05, 0.1) is 0 Å². The Balaban J connectivity index is 3.14. The Labute approximate surface area is 92.3 Å². The summed E-state index contributed by atoms with van der Waals surface area (Å²) in [5.74, 6) is 0.833. The summed E-state index contributed by atoms with van der Waals surface area (Å²) < 4.78 is 0. The average Bonchev–Trinajstić information content (AvgIpc) is 2.15. The first-order valence-electron chi connectivity index (χ1n) is 4.96. The molecule has 0 saturated heterocycles. The summed E-state index contributed by atoms with van der Waals surface area (Å²) in [6.45, 7) is 6.47. The second-order valence-electron chi connectivity index (χ2n) is 3.82. The summed E-state index contributed by atoms with van der Waals surface area (Å²) in [7, 11) is 1.98. The smallest absolute Gasteiger partial charge is 0.0409 e. The first-order valence-corrected chi connectivity index (χ1v) is 5.59. The van der Waals surface area contributed by atoms with Gasteiger partial charge in [-0.05, 0) is 50.1 Å². The lowest BCUT2D eigenvalue weighted by Crippen LogP contribution is -2.19. The third-order valence-electron chi connectivity index (χ3n) is 2.79. The van der Waals surface area contributed by atoms with Crippen molar-refractivity contribution in [3.05, 3.63) is 34.4 Å². The molecule has 0 aliphatic carbocycles. The maximum Gasteiger partial charge on any atom is 0.0409 e. The van der Waals surface area contributed by atoms with E-state index in [4.69, 9.17) is 0 Å². The fourth-order valence-electron chi connectivity index (χ4n) is 1.70. The highest BCUT2D eigenvalue weighted by Crippen LogP contribution is 2.22. The third kappa shape index (κ3) is 2.31. The van der Waals surface area contributed by atoms with Gasteiger partial charge in [-0.1, -0.05) is 12.1 Å². The minimum Gasteiger partial charge on any atom is -0.312 e. The monoisotopic (exact) mass is 209 g/mol. The maximum absolute atomic E-state index is 4.35. The Morgan fingerprint density at radius 1 is 1.14 bits per heavy atom. The van der Waals surface area contributed by atoms with Crippen molar-refractivity contribution in [2.75, 3.05) is 12.8 Å². The third-order valence-corrected chi connectivity index (χ3v) is 3.15. The molecule has 1 rings (SSSR count). The van der Waals surface area contributed by atoms with Gasteiger partial charge in [-0.3, -0.25) is 0 Å². The SMILES string of the molecule is CNC(CS)c1cc(C)c(C)cc1C. The molecule has 2 heteroatoms. The zero-order valence-electron chi connectivity index (χ0n) is 9.39. The summed E-state index contributed by atoms with van der Waals surface area (Å²) in [5, 5.41) is 3.28. The highest BCUT2D eigenvalue weighted by molar-refractivity contribution is 7.80. The first kappa shape index (κ1) is 11.6. The van der Waals surface area contributed by atoms with Crippen LogP contribution in [0.15, 0.2) is 12.1 Å². The van der Waals surface area contributed by atoms with Crippen LogP contribution in [0.1, 0.15) is 28.3 Å². The van der Waals surface area contributed by atoms with Crippen molar-refractivity contribution in [1.82, 2.24) is 5.32 Å². The maximum atomic E-state index is 4.35. The van der Waals surface area contributed by atoms with E-state index in [2.05, 4.69) is 50.8 Å². The van der Waals surface area contributed by atoms with Crippen LogP contribution in [0.5, 0.6) is 0 Å². The number of rotatable bonds is 3. The van der Waals surface area contributed by atoms with E-state index in [9.17, 15) is 0 Å². The van der Waals surface area contributed by atoms with Gasteiger partial charge in [0, 0.05) is 11.8 Å². The van der Waals surface area contributed by atoms with Crippen molar-refractivity contribution >= 4 is 12.6 Å². The molecule has 0 spiro atoms. The molecule has 1 nitrogen and oxygen atoms in total. The molecule has 0 radical (unpaired) electrons. The highest BCUT2D eigenvalue weighted by atomic mass is 32.1. The van der Waals surface area contributed by atoms with Crippen LogP contribution in [0, 0.1) is 20.8 Å². The van der Waals surface area contributed by atoms with Gasteiger partial charge in [0.15, 0.2) is 0 Å². The molecule has 1 N–H and O–H groups in total. The number of hydrogen-bond acceptors (Lipinski definition) is 2. The highest BCUT2D eigenvalue weighted by Gasteiger charge is 2.10. The van der Waals surface area contributed by atoms with Crippen LogP contribution in [0.3, 0.4) is 0 Å². The Kier molecular flexibility index (Phi) is 4.02. The first-order chi connectivity index (χ1) is 6.60. The van der Waals surface area contributed by atoms with Gasteiger partial charge in [0.1, 0.15) is 0 Å². The molecule has 0 heterocycles. The predicted octanol–water partition coefficient (Wildman–Crippen LogP) is 2.80. The van der Waals surface area contributed by atoms with Crippen molar-refractivity contribution in [3.8, 4) is 0 Å². The van der Waals surface area contributed by atoms with Crippen LogP contribution in [0.2, 0.25) is 0 Å². The minimum absolute atomic E-state index is 0.359. The van der Waals surface area contributed by atoms with E-state index in [1.165, 1.54) is 22.3 Å². The van der Waals surface area contributed by atoms with Crippen LogP contribution in [-0.4, -0.2) is 12.8 Å². The standard InChI is InChI=1S/C12H19NS/c1-8-5-10(3)11(6-9(8)2)12(7-14)13-4/h5-6,12-14H,7H2,1-4H3. The van der Waals surface area contributed by atoms with Crippen molar-refractivity contribution < 1.29 is 0 Å². The Morgan fingerprint density at radius 3 is 2.21 bits per heavy atom. The van der Waals surface area contributed by atoms with Crippen LogP contribution in [0.4, 0.5) is 0 Å². The zero-order valence-corrected chi connectivity index (χ0v) is 10.3. The van der Waals surface area contributed by atoms with Crippen LogP contribution in [-0.2, 0) is 0 Å². The van der Waals surface area contributed by atoms with E-state index in [1.54, 1.807) is 0 Å². The molecule has 0 aliphatic heterocycles. The Hall–Kier alpha value is -0.470. The molecule has 0 bridgehead atoms. The largest absolute Gasteiger partial charge is 0.312 e. The van der Waals surface area contributed by atoms with Gasteiger partial charge in [0.2, 0.25) is 0 Å². The molecule has 0 aliphatic rings. The van der Waals surface area contributed by atoms with Gasteiger partial charge in [-0.25, -0.2) is 0 Å². The summed E-state index contributed by atoms with van der Waals surface area (Å²) in [4.78, 5) is 0. The predicted molar refractivity (Wildman–Crippen MR) is 66.3 cm³/mol. The van der Waals surface area contributed by atoms with Crippen molar-refractivity contribution in [2.45, 2.75) is 26.8 Å². The second-order valence-corrected chi connectivity index (χ2v) is 4.18. The lowest BCUT2D eigenvalue weighted by Gasteiger charge is -2.18. The quantitative estimate of drug-likeness (QED) is 0.730. The van der Waals surface area contributed by atoms with Crippen molar-refractivity contribution in [2.24, 2.45) is 0 Å². The topological polar surface area (TPSA) is 12.0 Å². The van der Waals surface area contributed by atoms with E-state index in [1.807, 2.05) is 7.05 Å². The minimum atomic E-state index is 0.359. The number of aryl methyl sites for hydroxylation is 3. The summed E-state index contributed by atoms with van der Waals surface area (Å²) in [6, 6.07) is 4.87. The van der Waals surface area contributed by atoms with Crippen molar-refractivity contribution in [3.63, 3.8) is 0 Å². The Bertz CT molecular complexity index is 316. The van der Waals surface area contributed by atoms with Crippen molar-refractivity contribution in [1.29, 1.82) is 0 Å². The second kappa shape index (κ2) is 4.85. The zero-order chi connectivity index (χ0) is 10.7. The van der Waals surface area contributed by atoms with Gasteiger partial charge in [-0.2, -0.15) is 12.6 Å². The van der Waals surface area contributed by atoms with E-state index in [0.29, 0.717) is 6.04 Å². The number of nitrogens with one attached hydrogen (secondary N) is 1. The molecule has 1 unspecified atom stereocenters. The molecule has 1 aromatic rings. The van der Waals surface area contributed by atoms with Gasteiger partial charge < -0.3 is 5.32 Å². The summed E-state index contributed by atoms with van der Waals surface area (Å²) in [6.07, 6.45) is 0. The van der Waals surface area contributed by atoms with E-state index < -0.39 is 0 Å². The molecule has 0 fully saturated rings. The van der Waals surface area contributed by atoms with Crippen LogP contribution >= 0.6 is 12.6 Å². The summed E-state index contributed by atoms with van der Waals surface area (Å²) >= 11 is 4.35. The molecular weight excluding hydrogens is 190 g/mol. The number of thiol groups is 1. The van der Waals surface area contributed by atoms with Gasteiger partial charge in [0.25, 0.3) is 0 Å². The van der Waals surface area contributed by atoms with Gasteiger partial charge >= 0.3 is 0 Å². The number of hydrogen-bond donors (Lipinski definition) is 2. The summed E-state index contributed by atoms with van der Waals surface area (Å²) in [5.41, 5.74) is 5.43. The lowest BCUT2D eigenvalue weighted by molar-refractivity contribution is 0.658. The Morgan fingerprint density at radius 2 is 1.71 bits per heavy atom. The normalized spacial score (nSPS) is 12.9. The molecular formula is C12H19NS. The molecule has 0 aromatic heterocycles. The molecule has 0 saturated carbocycles. The van der Waals surface area contributed by atoms with E-state index >= 15 is 0 Å². The van der Waals surface area contributed by atoms with Crippen LogP contribution < -0.4 is 5.32 Å². The van der Waals surface area contributed by atoms with E-state index in [-0.39, 0.29) is 0 Å². The molecule has 78 valence electrons.